The summed E-state index contributed by atoms with van der Waals surface area (Å²) >= 11 is 0. The Bertz CT molecular complexity index is 258. The molecule has 10 N–H and O–H groups in total. The number of anilines is 2. The highest BCUT2D eigenvalue weighted by atomic mass is 15.8. The van der Waals surface area contributed by atoms with E-state index in [1.807, 2.05) is 0 Å². The highest BCUT2D eigenvalue weighted by molar-refractivity contribution is 5.39. The van der Waals surface area contributed by atoms with E-state index in [1.54, 1.807) is 0 Å². The average Bonchev–Trinajstić information content (AvgIpc) is 2.01. The molecular formula is C4H12N10. The van der Waals surface area contributed by atoms with Crippen molar-refractivity contribution < 1.29 is 0 Å². The molecule has 10 nitrogen and oxygen atoms in total. The van der Waals surface area contributed by atoms with Crippen molar-refractivity contribution in [1.82, 2.24) is 20.4 Å². The summed E-state index contributed by atoms with van der Waals surface area (Å²) < 4.78 is 0. The lowest BCUT2D eigenvalue weighted by Crippen LogP contribution is -2.44. The molecule has 0 amide bonds. The Kier molecular flexibility index (Phi) is 3.47. The Morgan fingerprint density at radius 3 is 1.71 bits per heavy atom. The molecule has 0 aliphatic rings. The number of aromatic nitrogens is 2. The highest BCUT2D eigenvalue weighted by Gasteiger charge is 1.99. The first-order valence-corrected chi connectivity index (χ1v) is 3.52. The highest BCUT2D eigenvalue weighted by Crippen LogP contribution is 2.05. The Balaban J connectivity index is 2.68. The molecule has 1 aromatic rings. The number of nitrogens with one attached hydrogen (secondary N) is 2. The molecule has 14 heavy (non-hydrogen) atoms. The molecule has 1 rings (SSSR count). The minimum atomic E-state index is 0.349. The predicted molar refractivity (Wildman–Crippen MR) is 49.7 cm³/mol. The first-order chi connectivity index (χ1) is 6.58. The summed E-state index contributed by atoms with van der Waals surface area (Å²) in [4.78, 5) is 7.79. The Hall–Kier alpha value is -1.56. The number of rotatable bonds is 4. The first kappa shape index (κ1) is 10.5. The normalized spacial score (nSPS) is 10.7. The van der Waals surface area contributed by atoms with Crippen molar-refractivity contribution in [2.45, 2.75) is 0 Å². The summed E-state index contributed by atoms with van der Waals surface area (Å²) in [7, 11) is 0. The van der Waals surface area contributed by atoms with Crippen LogP contribution in [0.2, 0.25) is 0 Å². The van der Waals surface area contributed by atoms with E-state index >= 15 is 0 Å². The van der Waals surface area contributed by atoms with Gasteiger partial charge in [-0.3, -0.25) is 15.8 Å². The minimum absolute atomic E-state index is 0.349. The van der Waals surface area contributed by atoms with Crippen LogP contribution in [0.4, 0.5) is 11.6 Å². The van der Waals surface area contributed by atoms with Crippen molar-refractivity contribution in [3.05, 3.63) is 12.4 Å². The topological polar surface area (TPSA) is 160 Å². The summed E-state index contributed by atoms with van der Waals surface area (Å²) in [6, 6.07) is 0. The minimum Gasteiger partial charge on any atom is -0.274 e. The van der Waals surface area contributed by atoms with Gasteiger partial charge in [0.15, 0.2) is 11.6 Å². The van der Waals surface area contributed by atoms with Gasteiger partial charge in [-0.2, -0.15) is 0 Å². The van der Waals surface area contributed by atoms with Crippen LogP contribution in [0.25, 0.3) is 0 Å². The zero-order valence-corrected chi connectivity index (χ0v) is 7.25. The molecule has 1 heterocycles. The van der Waals surface area contributed by atoms with Gasteiger partial charge in [0.25, 0.3) is 0 Å². The summed E-state index contributed by atoms with van der Waals surface area (Å²) in [5.74, 6) is 21.2. The lowest BCUT2D eigenvalue weighted by Gasteiger charge is -2.14. The smallest absolute Gasteiger partial charge is 0.163 e. The average molecular weight is 200 g/mol. The number of hydrogen-bond acceptors (Lipinski definition) is 10. The zero-order valence-electron chi connectivity index (χ0n) is 7.25. The van der Waals surface area contributed by atoms with Crippen molar-refractivity contribution in [3.63, 3.8) is 0 Å². The maximum Gasteiger partial charge on any atom is 0.163 e. The fourth-order valence-electron chi connectivity index (χ4n) is 0.738. The molecule has 0 bridgehead atoms. The van der Waals surface area contributed by atoms with E-state index in [9.17, 15) is 0 Å². The van der Waals surface area contributed by atoms with E-state index in [0.717, 1.165) is 10.5 Å². The van der Waals surface area contributed by atoms with Crippen molar-refractivity contribution in [3.8, 4) is 0 Å². The lowest BCUT2D eigenvalue weighted by molar-refractivity contribution is 0.353. The van der Waals surface area contributed by atoms with Gasteiger partial charge in [-0.05, 0) is 0 Å². The largest absolute Gasteiger partial charge is 0.274 e. The monoisotopic (exact) mass is 200 g/mol. The first-order valence-electron chi connectivity index (χ1n) is 3.52. The van der Waals surface area contributed by atoms with Gasteiger partial charge in [-0.1, -0.05) is 10.5 Å². The van der Waals surface area contributed by atoms with Crippen LogP contribution in [0.1, 0.15) is 0 Å². The van der Waals surface area contributed by atoms with Crippen LogP contribution < -0.4 is 34.2 Å². The molecule has 0 aliphatic carbocycles. The van der Waals surface area contributed by atoms with E-state index in [4.69, 9.17) is 23.4 Å². The van der Waals surface area contributed by atoms with Gasteiger partial charge in [0.05, 0.1) is 12.4 Å². The Morgan fingerprint density at radius 2 is 1.36 bits per heavy atom. The van der Waals surface area contributed by atoms with Gasteiger partial charge in [-0.25, -0.2) is 28.4 Å². The third-order valence-corrected chi connectivity index (χ3v) is 1.12. The van der Waals surface area contributed by atoms with E-state index in [2.05, 4.69) is 20.8 Å². The molecule has 10 heteroatoms. The molecule has 0 aromatic carbocycles. The van der Waals surface area contributed by atoms with Crippen LogP contribution in [0, 0.1) is 0 Å². The van der Waals surface area contributed by atoms with Gasteiger partial charge in [0, 0.05) is 0 Å². The molecule has 0 atom stereocenters. The Morgan fingerprint density at radius 1 is 0.929 bits per heavy atom. The van der Waals surface area contributed by atoms with Gasteiger partial charge < -0.3 is 0 Å². The van der Waals surface area contributed by atoms with Crippen LogP contribution in [0.5, 0.6) is 0 Å². The molecule has 0 unspecified atom stereocenters. The summed E-state index contributed by atoms with van der Waals surface area (Å²) in [6.07, 6.45) is 2.85. The number of nitrogens with two attached hydrogens (primary N) is 4. The summed E-state index contributed by atoms with van der Waals surface area (Å²) in [5.41, 5.74) is 4.99. The molecular weight excluding hydrogens is 188 g/mol. The van der Waals surface area contributed by atoms with Gasteiger partial charge in [0.2, 0.25) is 0 Å². The lowest BCUT2D eigenvalue weighted by atomic mass is 10.6. The SMILES string of the molecule is NN(N)Nc1cncc(NN(N)N)n1. The van der Waals surface area contributed by atoms with E-state index in [0.29, 0.717) is 11.6 Å². The summed E-state index contributed by atoms with van der Waals surface area (Å²) in [6.45, 7) is 0. The van der Waals surface area contributed by atoms with Crippen LogP contribution in [-0.2, 0) is 0 Å². The van der Waals surface area contributed by atoms with E-state index in [1.165, 1.54) is 12.4 Å². The van der Waals surface area contributed by atoms with E-state index < -0.39 is 0 Å². The summed E-state index contributed by atoms with van der Waals surface area (Å²) in [5, 5.41) is 1.49. The van der Waals surface area contributed by atoms with Crippen molar-refractivity contribution >= 4 is 11.6 Å². The second-order valence-corrected chi connectivity index (χ2v) is 2.33. The predicted octanol–water partition coefficient (Wildman–Crippen LogP) is -2.77. The third kappa shape index (κ3) is 3.44. The second kappa shape index (κ2) is 4.61. The van der Waals surface area contributed by atoms with Crippen LogP contribution >= 0.6 is 0 Å². The standard InChI is InChI=1S/C4H12N10/c5-13(6)11-3-1-9-2-4(10-3)12-14(7)8/h1-2H,5-8H2,(H2,10,11,12). The van der Waals surface area contributed by atoms with E-state index in [-0.39, 0.29) is 0 Å². The fourth-order valence-corrected chi connectivity index (χ4v) is 0.738. The maximum atomic E-state index is 5.13. The van der Waals surface area contributed by atoms with Crippen LogP contribution in [-0.4, -0.2) is 20.4 Å². The van der Waals surface area contributed by atoms with Crippen molar-refractivity contribution in [1.29, 1.82) is 0 Å². The van der Waals surface area contributed by atoms with Crippen LogP contribution in [0.3, 0.4) is 0 Å². The molecule has 0 saturated heterocycles. The molecule has 78 valence electrons. The van der Waals surface area contributed by atoms with Crippen LogP contribution in [0.15, 0.2) is 12.4 Å². The number of nitrogens with zero attached hydrogens (tertiary/aromatic N) is 4. The number of hydrazine groups is 6. The fraction of sp³-hybridized carbons (Fsp3) is 0. The molecule has 0 radical (unpaired) electrons. The van der Waals surface area contributed by atoms with Gasteiger partial charge >= 0.3 is 0 Å². The molecule has 0 saturated carbocycles. The quantitative estimate of drug-likeness (QED) is 0.221. The Labute approximate surface area is 79.7 Å². The number of hydrogen-bond donors (Lipinski definition) is 6. The maximum absolute atomic E-state index is 5.13. The zero-order chi connectivity index (χ0) is 10.6. The molecule has 0 fully saturated rings. The van der Waals surface area contributed by atoms with Crippen molar-refractivity contribution in [2.75, 3.05) is 10.9 Å². The van der Waals surface area contributed by atoms with Gasteiger partial charge in [0.1, 0.15) is 0 Å². The third-order valence-electron chi connectivity index (χ3n) is 1.12. The molecule has 0 aliphatic heterocycles. The molecule has 0 spiro atoms. The van der Waals surface area contributed by atoms with Crippen molar-refractivity contribution in [2.24, 2.45) is 23.4 Å². The van der Waals surface area contributed by atoms with Gasteiger partial charge in [-0.15, -0.1) is 0 Å². The second-order valence-electron chi connectivity index (χ2n) is 2.33. The molecule has 1 aromatic heterocycles.